The molecule has 78 valence electrons. The first-order valence-corrected chi connectivity index (χ1v) is 5.07. The molecule has 2 aliphatic heterocycles. The van der Waals surface area contributed by atoms with Gasteiger partial charge in [0.25, 0.3) is 0 Å². The van der Waals surface area contributed by atoms with Crippen molar-refractivity contribution in [3.8, 4) is 0 Å². The van der Waals surface area contributed by atoms with Gasteiger partial charge >= 0.3 is 0 Å². The molecule has 0 aromatic heterocycles. The van der Waals surface area contributed by atoms with Gasteiger partial charge in [-0.05, 0) is 18.6 Å². The van der Waals surface area contributed by atoms with Gasteiger partial charge in [0.05, 0.1) is 18.3 Å². The van der Waals surface area contributed by atoms with Crippen molar-refractivity contribution in [2.24, 2.45) is 0 Å². The summed E-state index contributed by atoms with van der Waals surface area (Å²) in [5.74, 6) is -0.162. The number of carbonyl (C=O) groups is 1. The van der Waals surface area contributed by atoms with Crippen LogP contribution in [0.4, 0.5) is 10.1 Å². The Morgan fingerprint density at radius 3 is 3.20 bits per heavy atom. The molecule has 0 spiro atoms. The van der Waals surface area contributed by atoms with Crippen LogP contribution in [-0.4, -0.2) is 25.0 Å². The Balaban J connectivity index is 2.11. The Hall–Kier alpha value is -1.42. The van der Waals surface area contributed by atoms with Crippen LogP contribution in [0.3, 0.4) is 0 Å². The lowest BCUT2D eigenvalue weighted by atomic mass is 10.1. The summed E-state index contributed by atoms with van der Waals surface area (Å²) in [7, 11) is 0. The van der Waals surface area contributed by atoms with Crippen LogP contribution in [-0.2, 0) is 11.2 Å². The quantitative estimate of drug-likeness (QED) is 0.677. The average molecular weight is 206 g/mol. The van der Waals surface area contributed by atoms with Crippen LogP contribution in [0, 0.1) is 5.82 Å². The Morgan fingerprint density at radius 1 is 1.47 bits per heavy atom. The second kappa shape index (κ2) is 3.03. The van der Waals surface area contributed by atoms with Crippen molar-refractivity contribution in [1.29, 1.82) is 0 Å². The van der Waals surface area contributed by atoms with Gasteiger partial charge < -0.3 is 10.2 Å². The topological polar surface area (TPSA) is 32.3 Å². The van der Waals surface area contributed by atoms with E-state index in [4.69, 9.17) is 0 Å². The van der Waals surface area contributed by atoms with E-state index >= 15 is 0 Å². The average Bonchev–Trinajstić information content (AvgIpc) is 2.59. The number of nitrogens with one attached hydrogen (secondary N) is 1. The van der Waals surface area contributed by atoms with Crippen molar-refractivity contribution < 1.29 is 9.18 Å². The number of halogens is 1. The van der Waals surface area contributed by atoms with Gasteiger partial charge in [-0.2, -0.15) is 0 Å². The molecule has 0 aliphatic carbocycles. The molecule has 3 rings (SSSR count). The van der Waals surface area contributed by atoms with Gasteiger partial charge in [-0.3, -0.25) is 4.79 Å². The standard InChI is InChI=1S/C11H11FN2O/c12-9-2-1-3-10-8(9)4-7-5-13-6-11(15)14(7)10/h1-3,7,13H,4-6H2. The number of piperazine rings is 1. The highest BCUT2D eigenvalue weighted by Gasteiger charge is 2.37. The van der Waals surface area contributed by atoms with Crippen molar-refractivity contribution in [3.05, 3.63) is 29.6 Å². The molecule has 1 saturated heterocycles. The predicted molar refractivity (Wildman–Crippen MR) is 54.2 cm³/mol. The zero-order valence-electron chi connectivity index (χ0n) is 8.16. The van der Waals surface area contributed by atoms with Crippen LogP contribution < -0.4 is 10.2 Å². The third-order valence-electron chi connectivity index (χ3n) is 3.08. The number of carbonyl (C=O) groups excluding carboxylic acids is 1. The van der Waals surface area contributed by atoms with Crippen LogP contribution >= 0.6 is 0 Å². The fraction of sp³-hybridized carbons (Fsp3) is 0.364. The molecule has 0 radical (unpaired) electrons. The molecule has 0 bridgehead atoms. The first-order valence-electron chi connectivity index (χ1n) is 5.07. The van der Waals surface area contributed by atoms with E-state index in [1.165, 1.54) is 6.07 Å². The number of hydrogen-bond donors (Lipinski definition) is 1. The van der Waals surface area contributed by atoms with E-state index in [1.54, 1.807) is 11.0 Å². The Bertz CT molecular complexity index is 433. The number of nitrogens with zero attached hydrogens (tertiary/aromatic N) is 1. The summed E-state index contributed by atoms with van der Waals surface area (Å²) in [5, 5.41) is 3.05. The first kappa shape index (κ1) is 8.85. The third kappa shape index (κ3) is 1.18. The Labute approximate surface area is 86.9 Å². The summed E-state index contributed by atoms with van der Waals surface area (Å²) < 4.78 is 13.5. The first-order chi connectivity index (χ1) is 7.27. The van der Waals surface area contributed by atoms with Crippen molar-refractivity contribution in [2.45, 2.75) is 12.5 Å². The molecule has 1 atom stereocenters. The van der Waals surface area contributed by atoms with E-state index in [9.17, 15) is 9.18 Å². The summed E-state index contributed by atoms with van der Waals surface area (Å²) in [5.41, 5.74) is 1.44. The Morgan fingerprint density at radius 2 is 2.33 bits per heavy atom. The third-order valence-corrected chi connectivity index (χ3v) is 3.08. The molecule has 3 nitrogen and oxygen atoms in total. The second-order valence-corrected chi connectivity index (χ2v) is 3.99. The number of benzene rings is 1. The number of amides is 1. The molecule has 1 aromatic carbocycles. The fourth-order valence-corrected chi connectivity index (χ4v) is 2.43. The lowest BCUT2D eigenvalue weighted by Crippen LogP contribution is -2.53. The molecule has 4 heteroatoms. The maximum atomic E-state index is 13.5. The van der Waals surface area contributed by atoms with Crippen molar-refractivity contribution >= 4 is 11.6 Å². The fourth-order valence-electron chi connectivity index (χ4n) is 2.43. The van der Waals surface area contributed by atoms with Crippen LogP contribution in [0.5, 0.6) is 0 Å². The maximum Gasteiger partial charge on any atom is 0.241 e. The van der Waals surface area contributed by atoms with Gasteiger partial charge in [-0.1, -0.05) is 6.07 Å². The molecule has 0 saturated carbocycles. The van der Waals surface area contributed by atoms with Gasteiger partial charge in [0.2, 0.25) is 5.91 Å². The Kier molecular flexibility index (Phi) is 1.79. The minimum Gasteiger partial charge on any atom is -0.306 e. The predicted octanol–water partition coefficient (Wildman–Crippen LogP) is 0.687. The summed E-state index contributed by atoms with van der Waals surface area (Å²) in [6.07, 6.45) is 0.626. The molecule has 2 heterocycles. The molecule has 1 unspecified atom stereocenters. The molecular formula is C11H11FN2O. The number of fused-ring (bicyclic) bond motifs is 3. The number of rotatable bonds is 0. The number of anilines is 1. The smallest absolute Gasteiger partial charge is 0.241 e. The highest BCUT2D eigenvalue weighted by atomic mass is 19.1. The highest BCUT2D eigenvalue weighted by Crippen LogP contribution is 2.34. The summed E-state index contributed by atoms with van der Waals surface area (Å²) in [4.78, 5) is 13.4. The SMILES string of the molecule is O=C1CNCC2Cc3c(F)cccc3N12. The summed E-state index contributed by atoms with van der Waals surface area (Å²) >= 11 is 0. The van der Waals surface area contributed by atoms with E-state index in [-0.39, 0.29) is 17.8 Å². The minimum atomic E-state index is -0.199. The molecule has 2 aliphatic rings. The van der Waals surface area contributed by atoms with E-state index in [1.807, 2.05) is 6.07 Å². The van der Waals surface area contributed by atoms with Crippen molar-refractivity contribution in [1.82, 2.24) is 5.32 Å². The minimum absolute atomic E-state index is 0.0376. The zero-order chi connectivity index (χ0) is 10.4. The normalized spacial score (nSPS) is 23.9. The maximum absolute atomic E-state index is 13.5. The largest absolute Gasteiger partial charge is 0.306 e. The monoisotopic (exact) mass is 206 g/mol. The van der Waals surface area contributed by atoms with Gasteiger partial charge in [-0.25, -0.2) is 4.39 Å². The summed E-state index contributed by atoms with van der Waals surface area (Å²) in [6.45, 7) is 1.10. The molecule has 1 fully saturated rings. The van der Waals surface area contributed by atoms with E-state index in [0.29, 0.717) is 18.5 Å². The lowest BCUT2D eigenvalue weighted by Gasteiger charge is -2.30. The van der Waals surface area contributed by atoms with Crippen molar-refractivity contribution in [3.63, 3.8) is 0 Å². The van der Waals surface area contributed by atoms with Crippen LogP contribution in [0.15, 0.2) is 18.2 Å². The van der Waals surface area contributed by atoms with Crippen molar-refractivity contribution in [2.75, 3.05) is 18.0 Å². The molecule has 1 aromatic rings. The van der Waals surface area contributed by atoms with Crippen LogP contribution in [0.25, 0.3) is 0 Å². The molecule has 15 heavy (non-hydrogen) atoms. The number of hydrogen-bond acceptors (Lipinski definition) is 2. The van der Waals surface area contributed by atoms with Gasteiger partial charge in [0.1, 0.15) is 5.82 Å². The van der Waals surface area contributed by atoms with E-state index in [2.05, 4.69) is 5.32 Å². The van der Waals surface area contributed by atoms with Gasteiger partial charge in [-0.15, -0.1) is 0 Å². The molecular weight excluding hydrogens is 195 g/mol. The van der Waals surface area contributed by atoms with Crippen LogP contribution in [0.2, 0.25) is 0 Å². The lowest BCUT2D eigenvalue weighted by molar-refractivity contribution is -0.119. The summed E-state index contributed by atoms with van der Waals surface area (Å²) in [6, 6.07) is 5.03. The molecule has 1 N–H and O–H groups in total. The van der Waals surface area contributed by atoms with E-state index < -0.39 is 0 Å². The zero-order valence-corrected chi connectivity index (χ0v) is 8.16. The highest BCUT2D eigenvalue weighted by molar-refractivity contribution is 5.98. The second-order valence-electron chi connectivity index (χ2n) is 3.99. The van der Waals surface area contributed by atoms with Gasteiger partial charge in [0.15, 0.2) is 0 Å². The molecule has 1 amide bonds. The van der Waals surface area contributed by atoms with Gasteiger partial charge in [0, 0.05) is 12.1 Å². The van der Waals surface area contributed by atoms with E-state index in [0.717, 1.165) is 12.2 Å². The van der Waals surface area contributed by atoms with Crippen LogP contribution in [0.1, 0.15) is 5.56 Å².